The first kappa shape index (κ1) is 70.8. The van der Waals surface area contributed by atoms with Crippen molar-refractivity contribution in [3.63, 3.8) is 0 Å². The zero-order chi connectivity index (χ0) is 63.3. The molecule has 1 aromatic carbocycles. The molecule has 5 fully saturated rings. The number of nitrogens with zero attached hydrogens (tertiary/aromatic N) is 2. The lowest BCUT2D eigenvalue weighted by Crippen LogP contribution is -2.63. The fourth-order valence-corrected chi connectivity index (χ4v) is 11.3. The monoisotopic (exact) mass is 1280 g/mol. The van der Waals surface area contributed by atoms with Crippen LogP contribution in [0.2, 0.25) is 0 Å². The normalized spacial score (nSPS) is 26.3. The number of ether oxygens (including phenoxy) is 10. The number of halogens is 6. The molecule has 6 rings (SSSR count). The van der Waals surface area contributed by atoms with Crippen LogP contribution in [0, 0.1) is 5.92 Å². The lowest BCUT2D eigenvalue weighted by atomic mass is 9.93. The largest absolute Gasteiger partial charge is 0.487 e. The molecule has 4 aliphatic heterocycles. The summed E-state index contributed by atoms with van der Waals surface area (Å²) in [4.78, 5) is 86.6. The SMILES string of the molecule is CC(=O)CSC1CC(=O)C(Cc2ccc(OCCOCCOCCOCCNC(=O)NCC3O[C@H]4CCN(C(=O)C(F)(F)F)[C@H]4C(O)C3O)c(OCCOCCOCCOCCNC(=O)NCC3O[C@H]4CCN(C(=O)C(F)(F)F)[C@H]4C(O)C3O)c2)C1=O. The second-order valence-corrected chi connectivity index (χ2v) is 21.9. The van der Waals surface area contributed by atoms with E-state index in [1.54, 1.807) is 18.2 Å². The van der Waals surface area contributed by atoms with Crippen molar-refractivity contribution < 1.29 is 128 Å². The molecule has 27 nitrogen and oxygen atoms in total. The summed E-state index contributed by atoms with van der Waals surface area (Å²) in [5, 5.41) is 51.4. The molecule has 6 amide bonds. The molecule has 1 aliphatic carbocycles. The van der Waals surface area contributed by atoms with E-state index in [1.807, 2.05) is 0 Å². The summed E-state index contributed by atoms with van der Waals surface area (Å²) in [6, 6.07) is 1.01. The molecule has 4 heterocycles. The Labute approximate surface area is 500 Å². The van der Waals surface area contributed by atoms with E-state index >= 15 is 0 Å². The Hall–Kier alpha value is -5.24. The third-order valence-electron chi connectivity index (χ3n) is 14.5. The number of alkyl halides is 6. The second kappa shape index (κ2) is 34.7. The Bertz CT molecular complexity index is 2420. The maximum Gasteiger partial charge on any atom is 0.471 e. The van der Waals surface area contributed by atoms with Crippen molar-refractivity contribution in [1.82, 2.24) is 31.1 Å². The van der Waals surface area contributed by atoms with Crippen LogP contribution in [0.1, 0.15) is 31.7 Å². The minimum Gasteiger partial charge on any atom is -0.487 e. The lowest BCUT2D eigenvalue weighted by Gasteiger charge is -2.42. The van der Waals surface area contributed by atoms with Crippen LogP contribution in [-0.2, 0) is 68.3 Å². The summed E-state index contributed by atoms with van der Waals surface area (Å²) < 4.78 is 135. The molecule has 0 aromatic heterocycles. The van der Waals surface area contributed by atoms with E-state index < -0.39 is 108 Å². The zero-order valence-corrected chi connectivity index (χ0v) is 48.5. The van der Waals surface area contributed by atoms with Crippen molar-refractivity contribution in [2.75, 3.05) is 138 Å². The number of fused-ring (bicyclic) bond motifs is 2. The quantitative estimate of drug-likeness (QED) is 0.0226. The van der Waals surface area contributed by atoms with Crippen molar-refractivity contribution in [3.05, 3.63) is 23.8 Å². The van der Waals surface area contributed by atoms with E-state index in [1.165, 1.54) is 18.7 Å². The number of amides is 6. The molecule has 0 bridgehead atoms. The van der Waals surface area contributed by atoms with Crippen LogP contribution >= 0.6 is 11.8 Å². The molecule has 8 N–H and O–H groups in total. The van der Waals surface area contributed by atoms with Crippen LogP contribution in [0.15, 0.2) is 18.2 Å². The third-order valence-corrected chi connectivity index (χ3v) is 15.9. The van der Waals surface area contributed by atoms with Gasteiger partial charge in [0.05, 0.1) is 120 Å². The number of carbonyl (C=O) groups excluding carboxylic acids is 7. The number of nitrogens with one attached hydrogen (secondary N) is 4. The summed E-state index contributed by atoms with van der Waals surface area (Å²) in [5.41, 5.74) is 0.652. The molecule has 4 saturated heterocycles. The Kier molecular flexibility index (Phi) is 28.2. The highest BCUT2D eigenvalue weighted by Crippen LogP contribution is 2.38. The van der Waals surface area contributed by atoms with Gasteiger partial charge < -0.3 is 98.9 Å². The molecular formula is C53H76F6N6O21S. The topological polar surface area (TPSA) is 347 Å². The molecule has 5 aliphatic rings. The summed E-state index contributed by atoms with van der Waals surface area (Å²) >= 11 is 1.17. The van der Waals surface area contributed by atoms with Crippen molar-refractivity contribution in [1.29, 1.82) is 0 Å². The van der Waals surface area contributed by atoms with Crippen LogP contribution in [0.3, 0.4) is 0 Å². The van der Waals surface area contributed by atoms with E-state index in [4.69, 9.17) is 47.4 Å². The molecule has 0 radical (unpaired) electrons. The van der Waals surface area contributed by atoms with Gasteiger partial charge in [0, 0.05) is 45.7 Å². The summed E-state index contributed by atoms with van der Waals surface area (Å²) in [7, 11) is 0. The first-order chi connectivity index (χ1) is 41.5. The number of hydrogen-bond acceptors (Lipinski definition) is 22. The number of benzene rings is 1. The highest BCUT2D eigenvalue weighted by atomic mass is 32.2. The Morgan fingerprint density at radius 2 is 1.00 bits per heavy atom. The molecule has 8 unspecified atom stereocenters. The van der Waals surface area contributed by atoms with Crippen molar-refractivity contribution in [2.24, 2.45) is 5.92 Å². The number of aliphatic hydroxyl groups is 4. The van der Waals surface area contributed by atoms with E-state index in [0.29, 0.717) is 26.9 Å². The average molecular weight is 1280 g/mol. The fourth-order valence-electron chi connectivity index (χ4n) is 10.3. The molecule has 12 atom stereocenters. The van der Waals surface area contributed by atoms with Crippen LogP contribution in [0.5, 0.6) is 11.5 Å². The maximum atomic E-state index is 13.1. The van der Waals surface area contributed by atoms with Gasteiger partial charge in [-0.1, -0.05) is 6.07 Å². The summed E-state index contributed by atoms with van der Waals surface area (Å²) in [5.74, 6) is -4.81. The van der Waals surface area contributed by atoms with Crippen LogP contribution in [0.25, 0.3) is 0 Å². The molecule has 0 spiro atoms. The van der Waals surface area contributed by atoms with Crippen LogP contribution in [-0.4, -0.2) is 287 Å². The predicted molar refractivity (Wildman–Crippen MR) is 288 cm³/mol. The van der Waals surface area contributed by atoms with E-state index in [-0.39, 0.29) is 181 Å². The molecule has 492 valence electrons. The number of Topliss-reactive ketones (excluding diaryl/α,β-unsaturated/α-hetero) is 3. The van der Waals surface area contributed by atoms with Crippen molar-refractivity contribution in [2.45, 2.75) is 111 Å². The van der Waals surface area contributed by atoms with Gasteiger partial charge in [-0.25, -0.2) is 9.59 Å². The number of urea groups is 2. The van der Waals surface area contributed by atoms with Crippen LogP contribution in [0.4, 0.5) is 35.9 Å². The minimum absolute atomic E-state index is 0.0107. The van der Waals surface area contributed by atoms with Gasteiger partial charge in [-0.2, -0.15) is 26.3 Å². The molecule has 1 aromatic rings. The molecule has 34 heteroatoms. The van der Waals surface area contributed by atoms with Gasteiger partial charge in [0.2, 0.25) is 0 Å². The number of rotatable bonds is 35. The smallest absolute Gasteiger partial charge is 0.471 e. The third kappa shape index (κ3) is 21.5. The van der Waals surface area contributed by atoms with Gasteiger partial charge in [0.15, 0.2) is 17.3 Å². The highest BCUT2D eigenvalue weighted by molar-refractivity contribution is 8.01. The second-order valence-electron chi connectivity index (χ2n) is 20.7. The highest BCUT2D eigenvalue weighted by Gasteiger charge is 2.57. The van der Waals surface area contributed by atoms with Gasteiger partial charge in [-0.05, 0) is 43.9 Å². The van der Waals surface area contributed by atoms with E-state index in [9.17, 15) is 80.3 Å². The van der Waals surface area contributed by atoms with Gasteiger partial charge in [0.1, 0.15) is 61.4 Å². The van der Waals surface area contributed by atoms with E-state index in [0.717, 1.165) is 0 Å². The zero-order valence-electron chi connectivity index (χ0n) is 47.6. The number of aliphatic hydroxyl groups excluding tert-OH is 4. The maximum absolute atomic E-state index is 13.1. The predicted octanol–water partition coefficient (Wildman–Crippen LogP) is -1.16. The lowest BCUT2D eigenvalue weighted by molar-refractivity contribution is -0.207. The molecule has 87 heavy (non-hydrogen) atoms. The number of thioether (sulfide) groups is 1. The number of hydrogen-bond donors (Lipinski definition) is 8. The van der Waals surface area contributed by atoms with Crippen molar-refractivity contribution in [3.8, 4) is 11.5 Å². The number of carbonyl (C=O) groups is 7. The summed E-state index contributed by atoms with van der Waals surface area (Å²) in [6.45, 7) is 2.83. The first-order valence-corrected chi connectivity index (χ1v) is 29.4. The number of ketones is 3. The van der Waals surface area contributed by atoms with Gasteiger partial charge >= 0.3 is 36.2 Å². The Morgan fingerprint density at radius 3 is 1.43 bits per heavy atom. The Morgan fingerprint density at radius 1 is 0.586 bits per heavy atom. The molecular weight excluding hydrogens is 1200 g/mol. The van der Waals surface area contributed by atoms with Crippen molar-refractivity contribution >= 4 is 53.0 Å². The average Bonchev–Trinajstić information content (AvgIpc) is 1.95. The van der Waals surface area contributed by atoms with Gasteiger partial charge in [-0.15, -0.1) is 11.8 Å². The standard InChI is InChI=1S/C53H76F6N6O21S/c1-30(66)29-87-40-26-33(67)32(43(40)68)24-31-2-3-34(83-22-20-81-18-16-79-14-12-77-10-6-60-50(75)62-27-38-44(69)46(71)41-35(85-38)4-8-64(41)48(73)52(54,55)56)37(25-31)84-23-21-82-19-17-80-15-13-78-11-7-61-51(76)63-28-39-45(70)47(72)42-36(86-39)5-9-65(42)49(74)53(57,58)59/h2-3,25,32,35-36,38-42,44-47,69-72H,4-24,26-29H2,1H3,(H2,60,62,75)(H2,61,63,76)/t32?,35-,36-,38?,39?,40?,41+,42+,44?,45?,46?,47?/m0/s1. The Balaban J connectivity index is 0.792. The van der Waals surface area contributed by atoms with Crippen LogP contribution < -0.4 is 30.7 Å². The van der Waals surface area contributed by atoms with E-state index in [2.05, 4.69) is 21.3 Å². The fraction of sp³-hybridized carbons (Fsp3) is 0.755. The minimum atomic E-state index is -5.15. The summed E-state index contributed by atoms with van der Waals surface area (Å²) in [6.07, 6.45) is -21.1. The van der Waals surface area contributed by atoms with Gasteiger partial charge in [0.25, 0.3) is 0 Å². The first-order valence-electron chi connectivity index (χ1n) is 28.3. The molecule has 1 saturated carbocycles. The van der Waals surface area contributed by atoms with Gasteiger partial charge in [-0.3, -0.25) is 24.0 Å². The number of likely N-dealkylation sites (tertiary alicyclic amines) is 2.